The summed E-state index contributed by atoms with van der Waals surface area (Å²) in [6, 6.07) is 3.03. The number of rotatable bonds is 1. The second kappa shape index (κ2) is 5.67. The van der Waals surface area contributed by atoms with E-state index < -0.39 is 12.1 Å². The fraction of sp³-hybridized carbons (Fsp3) is 0.462. The molecule has 0 radical (unpaired) electrons. The highest BCUT2D eigenvalue weighted by Crippen LogP contribution is 2.39. The molecule has 1 N–H and O–H groups in total. The van der Waals surface area contributed by atoms with Crippen LogP contribution in [0, 0.1) is 18.2 Å². The number of nitrogens with one attached hydrogen (secondary N) is 1. The quantitative estimate of drug-likeness (QED) is 0.825. The van der Waals surface area contributed by atoms with Crippen molar-refractivity contribution in [1.82, 2.24) is 5.32 Å². The van der Waals surface area contributed by atoms with Crippen LogP contribution in [0.5, 0.6) is 0 Å². The van der Waals surface area contributed by atoms with Gasteiger partial charge in [0.1, 0.15) is 12.4 Å². The summed E-state index contributed by atoms with van der Waals surface area (Å²) in [5.41, 5.74) is 0.682. The van der Waals surface area contributed by atoms with E-state index in [-0.39, 0.29) is 30.2 Å². The molecule has 6 heteroatoms. The van der Waals surface area contributed by atoms with Gasteiger partial charge >= 0.3 is 6.09 Å². The normalized spacial score (nSPS) is 21.1. The first-order chi connectivity index (χ1) is 8.31. The fourth-order valence-corrected chi connectivity index (χ4v) is 2.74. The molecular formula is C13H16BrClFNO2. The molecule has 2 rings (SSSR count). The van der Waals surface area contributed by atoms with Gasteiger partial charge in [-0.2, -0.15) is 0 Å². The van der Waals surface area contributed by atoms with Gasteiger partial charge in [0.05, 0.1) is 6.04 Å². The van der Waals surface area contributed by atoms with Crippen LogP contribution in [0.1, 0.15) is 31.0 Å². The molecule has 1 fully saturated rings. The van der Waals surface area contributed by atoms with Crippen LogP contribution in [0.15, 0.2) is 16.6 Å². The van der Waals surface area contributed by atoms with Crippen molar-refractivity contribution in [2.45, 2.75) is 26.8 Å². The number of carbonyl (C=O) groups is 1. The number of aryl methyl sites for hydroxylation is 1. The van der Waals surface area contributed by atoms with Crippen LogP contribution in [0.4, 0.5) is 9.18 Å². The lowest BCUT2D eigenvalue weighted by Gasteiger charge is -2.38. The van der Waals surface area contributed by atoms with E-state index in [1.165, 1.54) is 0 Å². The molecule has 0 bridgehead atoms. The van der Waals surface area contributed by atoms with Gasteiger partial charge in [0.25, 0.3) is 0 Å². The van der Waals surface area contributed by atoms with Gasteiger partial charge in [0.15, 0.2) is 0 Å². The maximum absolute atomic E-state index is 14.2. The van der Waals surface area contributed by atoms with Crippen molar-refractivity contribution in [3.05, 3.63) is 33.5 Å². The maximum atomic E-state index is 14.2. The van der Waals surface area contributed by atoms with Crippen LogP contribution in [0.2, 0.25) is 0 Å². The van der Waals surface area contributed by atoms with Gasteiger partial charge in [-0.3, -0.25) is 0 Å². The molecule has 0 saturated carbocycles. The summed E-state index contributed by atoms with van der Waals surface area (Å²) in [6.45, 7) is 5.85. The Kier molecular flexibility index (Phi) is 4.85. The van der Waals surface area contributed by atoms with Crippen LogP contribution in [0.3, 0.4) is 0 Å². The molecule has 1 heterocycles. The summed E-state index contributed by atoms with van der Waals surface area (Å²) in [5, 5.41) is 2.70. The number of hydrogen-bond donors (Lipinski definition) is 1. The number of amides is 1. The average molecular weight is 353 g/mol. The molecule has 19 heavy (non-hydrogen) atoms. The van der Waals surface area contributed by atoms with Crippen molar-refractivity contribution < 1.29 is 13.9 Å². The van der Waals surface area contributed by atoms with Crippen molar-refractivity contribution >= 4 is 34.4 Å². The molecule has 0 aromatic heterocycles. The Morgan fingerprint density at radius 2 is 2.11 bits per heavy atom. The van der Waals surface area contributed by atoms with Gasteiger partial charge < -0.3 is 10.1 Å². The summed E-state index contributed by atoms with van der Waals surface area (Å²) < 4.78 is 20.0. The van der Waals surface area contributed by atoms with Crippen molar-refractivity contribution in [3.63, 3.8) is 0 Å². The average Bonchev–Trinajstić information content (AvgIpc) is 2.27. The zero-order chi connectivity index (χ0) is 13.5. The van der Waals surface area contributed by atoms with E-state index in [4.69, 9.17) is 4.74 Å². The van der Waals surface area contributed by atoms with Gasteiger partial charge in [0.2, 0.25) is 0 Å². The largest absolute Gasteiger partial charge is 0.449 e. The lowest BCUT2D eigenvalue weighted by atomic mass is 9.80. The van der Waals surface area contributed by atoms with E-state index >= 15 is 0 Å². The number of benzene rings is 1. The molecule has 3 nitrogen and oxygen atoms in total. The van der Waals surface area contributed by atoms with E-state index in [1.807, 2.05) is 13.8 Å². The van der Waals surface area contributed by atoms with Crippen molar-refractivity contribution in [2.24, 2.45) is 5.41 Å². The first-order valence-electron chi connectivity index (χ1n) is 5.70. The Morgan fingerprint density at radius 3 is 2.74 bits per heavy atom. The molecule has 1 aliphatic heterocycles. The molecule has 0 aliphatic carbocycles. The molecular weight excluding hydrogens is 337 g/mol. The van der Waals surface area contributed by atoms with Crippen LogP contribution >= 0.6 is 28.3 Å². The Balaban J connectivity index is 0.00000180. The molecule has 0 spiro atoms. The third-order valence-electron chi connectivity index (χ3n) is 3.18. The minimum Gasteiger partial charge on any atom is -0.449 e. The SMILES string of the molecule is Cc1cc(Br)cc([C@H]2NC(=O)OCC2(C)C)c1F.Cl. The molecule has 0 unspecified atom stereocenters. The number of halogens is 3. The summed E-state index contributed by atoms with van der Waals surface area (Å²) in [4.78, 5) is 11.3. The first-order valence-corrected chi connectivity index (χ1v) is 6.49. The summed E-state index contributed by atoms with van der Waals surface area (Å²) >= 11 is 3.36. The number of cyclic esters (lactones) is 1. The van der Waals surface area contributed by atoms with Crippen LogP contribution in [-0.2, 0) is 4.74 Å². The molecule has 1 aromatic rings. The van der Waals surface area contributed by atoms with Crippen molar-refractivity contribution in [3.8, 4) is 0 Å². The van der Waals surface area contributed by atoms with E-state index in [9.17, 15) is 9.18 Å². The number of carbonyl (C=O) groups excluding carboxylic acids is 1. The Bertz CT molecular complexity index is 508. The highest BCUT2D eigenvalue weighted by atomic mass is 79.9. The molecule has 106 valence electrons. The Hall–Kier alpha value is -0.810. The smallest absolute Gasteiger partial charge is 0.407 e. The molecule has 1 aromatic carbocycles. The molecule has 1 atom stereocenters. The second-order valence-electron chi connectivity index (χ2n) is 5.27. The van der Waals surface area contributed by atoms with E-state index in [1.54, 1.807) is 19.1 Å². The number of ether oxygens (including phenoxy) is 1. The predicted molar refractivity (Wildman–Crippen MR) is 77.1 cm³/mol. The van der Waals surface area contributed by atoms with Gasteiger partial charge in [-0.05, 0) is 24.6 Å². The minimum absolute atomic E-state index is 0. The number of alkyl carbamates (subject to hydrolysis) is 1. The standard InChI is InChI=1S/C13H15BrFNO2.ClH/c1-7-4-8(14)5-9(10(7)15)11-13(2,3)6-18-12(17)16-11;/h4-5,11H,6H2,1-3H3,(H,16,17);1H/t11-;/m1./s1. The molecule has 1 aliphatic rings. The van der Waals surface area contributed by atoms with Gasteiger partial charge in [-0.25, -0.2) is 9.18 Å². The van der Waals surface area contributed by atoms with Gasteiger partial charge in [-0.1, -0.05) is 29.8 Å². The van der Waals surface area contributed by atoms with Gasteiger partial charge in [-0.15, -0.1) is 12.4 Å². The second-order valence-corrected chi connectivity index (χ2v) is 6.18. The minimum atomic E-state index is -0.503. The topological polar surface area (TPSA) is 38.3 Å². The van der Waals surface area contributed by atoms with E-state index in [2.05, 4.69) is 21.2 Å². The monoisotopic (exact) mass is 351 g/mol. The summed E-state index contributed by atoms with van der Waals surface area (Å²) in [7, 11) is 0. The lowest BCUT2D eigenvalue weighted by Crippen LogP contribution is -2.47. The summed E-state index contributed by atoms with van der Waals surface area (Å²) in [6.07, 6.45) is -0.503. The maximum Gasteiger partial charge on any atom is 0.407 e. The third kappa shape index (κ3) is 3.20. The Labute approximate surface area is 126 Å². The zero-order valence-electron chi connectivity index (χ0n) is 10.9. The highest BCUT2D eigenvalue weighted by Gasteiger charge is 2.39. The Morgan fingerprint density at radius 1 is 1.47 bits per heavy atom. The van der Waals surface area contributed by atoms with Crippen molar-refractivity contribution in [2.75, 3.05) is 6.61 Å². The van der Waals surface area contributed by atoms with Crippen molar-refractivity contribution in [1.29, 1.82) is 0 Å². The lowest BCUT2D eigenvalue weighted by molar-refractivity contribution is 0.0377. The zero-order valence-corrected chi connectivity index (χ0v) is 13.3. The highest BCUT2D eigenvalue weighted by molar-refractivity contribution is 9.10. The van der Waals surface area contributed by atoms with Gasteiger partial charge in [0, 0.05) is 15.5 Å². The van der Waals surface area contributed by atoms with Crippen LogP contribution in [0.25, 0.3) is 0 Å². The molecule has 1 saturated heterocycles. The summed E-state index contributed by atoms with van der Waals surface area (Å²) in [5.74, 6) is -0.279. The number of hydrogen-bond acceptors (Lipinski definition) is 2. The van der Waals surface area contributed by atoms with E-state index in [0.717, 1.165) is 4.47 Å². The van der Waals surface area contributed by atoms with Crippen LogP contribution in [-0.4, -0.2) is 12.7 Å². The predicted octanol–water partition coefficient (Wildman–Crippen LogP) is 4.13. The van der Waals surface area contributed by atoms with Crippen LogP contribution < -0.4 is 5.32 Å². The first kappa shape index (κ1) is 16.2. The third-order valence-corrected chi connectivity index (χ3v) is 3.64. The van der Waals surface area contributed by atoms with E-state index in [0.29, 0.717) is 11.1 Å². The molecule has 1 amide bonds. The fourth-order valence-electron chi connectivity index (χ4n) is 2.15.